The summed E-state index contributed by atoms with van der Waals surface area (Å²) in [4.78, 5) is 9.22. The molecule has 8 nitrogen and oxygen atoms in total. The van der Waals surface area contributed by atoms with E-state index in [1.807, 2.05) is 36.1 Å². The highest BCUT2D eigenvalue weighted by molar-refractivity contribution is 5.95. The first-order valence-corrected chi connectivity index (χ1v) is 8.13. The van der Waals surface area contributed by atoms with Gasteiger partial charge in [-0.2, -0.15) is 9.61 Å². The molecule has 4 aromatic rings. The van der Waals surface area contributed by atoms with Crippen molar-refractivity contribution in [2.24, 2.45) is 7.05 Å². The number of methoxy groups -OCH3 is 1. The van der Waals surface area contributed by atoms with Crippen LogP contribution in [0.1, 0.15) is 29.6 Å². The lowest BCUT2D eigenvalue weighted by molar-refractivity contribution is 0.419. The normalized spacial score (nSPS) is 19.6. The van der Waals surface area contributed by atoms with Crippen LogP contribution >= 0.6 is 0 Å². The van der Waals surface area contributed by atoms with Gasteiger partial charge in [0.2, 0.25) is 5.95 Å². The zero-order valence-electron chi connectivity index (χ0n) is 13.9. The molecule has 0 aliphatic heterocycles. The Morgan fingerprint density at radius 3 is 2.88 bits per heavy atom. The monoisotopic (exact) mass is 335 g/mol. The summed E-state index contributed by atoms with van der Waals surface area (Å²) in [6, 6.07) is 5.74. The van der Waals surface area contributed by atoms with Crippen LogP contribution < -0.4 is 10.5 Å². The van der Waals surface area contributed by atoms with Gasteiger partial charge < -0.3 is 10.5 Å². The molecule has 1 aliphatic rings. The number of aryl methyl sites for hydroxylation is 1. The first-order valence-electron chi connectivity index (χ1n) is 8.13. The van der Waals surface area contributed by atoms with E-state index in [9.17, 15) is 0 Å². The number of benzene rings is 1. The summed E-state index contributed by atoms with van der Waals surface area (Å²) in [6.45, 7) is 0. The minimum absolute atomic E-state index is 0.296. The maximum Gasteiger partial charge on any atom is 0.223 e. The average Bonchev–Trinajstić information content (AvgIpc) is 3.07. The molecule has 3 heterocycles. The van der Waals surface area contributed by atoms with Crippen molar-refractivity contribution in [3.8, 4) is 5.75 Å². The van der Waals surface area contributed by atoms with Crippen LogP contribution in [0.4, 0.5) is 5.95 Å². The molecule has 126 valence electrons. The van der Waals surface area contributed by atoms with E-state index < -0.39 is 0 Å². The van der Waals surface area contributed by atoms with Crippen LogP contribution in [-0.2, 0) is 7.05 Å². The Morgan fingerprint density at radius 1 is 1.24 bits per heavy atom. The molecule has 1 aromatic carbocycles. The summed E-state index contributed by atoms with van der Waals surface area (Å²) >= 11 is 0. The Bertz CT molecular complexity index is 1110. The summed E-state index contributed by atoms with van der Waals surface area (Å²) in [5.41, 5.74) is 8.75. The molecule has 1 aliphatic carbocycles. The fraction of sp³-hybridized carbons (Fsp3) is 0.294. The zero-order valence-corrected chi connectivity index (χ0v) is 13.9. The van der Waals surface area contributed by atoms with Crippen molar-refractivity contribution in [1.82, 2.24) is 29.4 Å². The van der Waals surface area contributed by atoms with Crippen molar-refractivity contribution in [1.29, 1.82) is 0 Å². The molecule has 2 unspecified atom stereocenters. The van der Waals surface area contributed by atoms with Crippen LogP contribution in [0.2, 0.25) is 0 Å². The number of fused-ring (bicyclic) bond motifs is 3. The van der Waals surface area contributed by atoms with Gasteiger partial charge in [0, 0.05) is 24.5 Å². The standard InChI is InChI=1S/C17H17N7O/c1-23-8-9(7-19-23)11-6-12(11)15-21-16-10-4-3-5-13(25-2)14(10)20-17(18)24(16)22-15/h3-5,7-8,11-12H,6H2,1-2H3,(H2,18,20). The van der Waals surface area contributed by atoms with E-state index in [1.54, 1.807) is 11.6 Å². The minimum atomic E-state index is 0.296. The van der Waals surface area contributed by atoms with E-state index in [2.05, 4.69) is 21.4 Å². The van der Waals surface area contributed by atoms with Crippen LogP contribution in [0.15, 0.2) is 30.6 Å². The molecule has 0 spiro atoms. The van der Waals surface area contributed by atoms with Crippen molar-refractivity contribution in [3.05, 3.63) is 42.0 Å². The number of hydrogen-bond donors (Lipinski definition) is 1. The summed E-state index contributed by atoms with van der Waals surface area (Å²) in [7, 11) is 3.55. The maximum absolute atomic E-state index is 6.11. The van der Waals surface area contributed by atoms with Gasteiger partial charge in [0.1, 0.15) is 11.3 Å². The van der Waals surface area contributed by atoms with E-state index in [4.69, 9.17) is 15.5 Å². The molecule has 25 heavy (non-hydrogen) atoms. The second-order valence-corrected chi connectivity index (χ2v) is 6.43. The number of ether oxygens (including phenoxy) is 1. The molecule has 0 radical (unpaired) electrons. The molecule has 1 saturated carbocycles. The third kappa shape index (κ3) is 2.07. The van der Waals surface area contributed by atoms with Gasteiger partial charge in [-0.05, 0) is 30.0 Å². The first-order chi connectivity index (χ1) is 12.2. The molecular weight excluding hydrogens is 318 g/mol. The minimum Gasteiger partial charge on any atom is -0.494 e. The van der Waals surface area contributed by atoms with Crippen LogP contribution in [0.25, 0.3) is 16.6 Å². The number of para-hydroxylation sites is 1. The largest absolute Gasteiger partial charge is 0.494 e. The Kier molecular flexibility index (Phi) is 2.79. The topological polar surface area (TPSA) is 96.1 Å². The Morgan fingerprint density at radius 2 is 2.12 bits per heavy atom. The third-order valence-electron chi connectivity index (χ3n) is 4.80. The van der Waals surface area contributed by atoms with Gasteiger partial charge in [-0.25, -0.2) is 9.97 Å². The molecule has 1 fully saturated rings. The van der Waals surface area contributed by atoms with Crippen LogP contribution in [0.5, 0.6) is 5.75 Å². The van der Waals surface area contributed by atoms with E-state index in [-0.39, 0.29) is 0 Å². The molecule has 5 rings (SSSR count). The summed E-state index contributed by atoms with van der Waals surface area (Å²) in [6.07, 6.45) is 4.99. The van der Waals surface area contributed by atoms with Crippen molar-refractivity contribution in [2.75, 3.05) is 12.8 Å². The fourth-order valence-electron chi connectivity index (χ4n) is 3.44. The molecule has 2 atom stereocenters. The first kappa shape index (κ1) is 14.2. The summed E-state index contributed by atoms with van der Waals surface area (Å²) in [5, 5.41) is 9.74. The quantitative estimate of drug-likeness (QED) is 0.614. The molecule has 0 amide bonds. The van der Waals surface area contributed by atoms with Crippen LogP contribution in [0.3, 0.4) is 0 Å². The lowest BCUT2D eigenvalue weighted by atomic mass is 10.2. The van der Waals surface area contributed by atoms with Crippen LogP contribution in [-0.4, -0.2) is 36.5 Å². The fourth-order valence-corrected chi connectivity index (χ4v) is 3.44. The van der Waals surface area contributed by atoms with Gasteiger partial charge in [-0.3, -0.25) is 4.68 Å². The highest BCUT2D eigenvalue weighted by atomic mass is 16.5. The Balaban J connectivity index is 1.62. The zero-order chi connectivity index (χ0) is 17.1. The lowest BCUT2D eigenvalue weighted by Crippen LogP contribution is -2.03. The predicted octanol–water partition coefficient (Wildman–Crippen LogP) is 1.87. The number of hydrogen-bond acceptors (Lipinski definition) is 6. The van der Waals surface area contributed by atoms with E-state index in [1.165, 1.54) is 5.56 Å². The molecule has 0 bridgehead atoms. The van der Waals surface area contributed by atoms with E-state index in [0.717, 1.165) is 17.6 Å². The van der Waals surface area contributed by atoms with Crippen molar-refractivity contribution in [3.63, 3.8) is 0 Å². The Hall–Kier alpha value is -3.16. The second kappa shape index (κ2) is 4.92. The lowest BCUT2D eigenvalue weighted by Gasteiger charge is -2.06. The van der Waals surface area contributed by atoms with Gasteiger partial charge in [0.15, 0.2) is 11.5 Å². The molecular formula is C17H17N7O. The molecule has 0 saturated heterocycles. The Labute approximate surface area is 143 Å². The second-order valence-electron chi connectivity index (χ2n) is 6.43. The summed E-state index contributed by atoms with van der Waals surface area (Å²) < 4.78 is 8.83. The molecule has 2 N–H and O–H groups in total. The van der Waals surface area contributed by atoms with E-state index in [0.29, 0.717) is 34.7 Å². The van der Waals surface area contributed by atoms with Gasteiger partial charge in [-0.15, -0.1) is 5.10 Å². The third-order valence-corrected chi connectivity index (χ3v) is 4.80. The summed E-state index contributed by atoms with van der Waals surface area (Å²) in [5.74, 6) is 2.50. The highest BCUT2D eigenvalue weighted by Crippen LogP contribution is 2.53. The number of nitrogens with two attached hydrogens (primary N) is 1. The molecule has 8 heteroatoms. The number of nitrogens with zero attached hydrogens (tertiary/aromatic N) is 6. The van der Waals surface area contributed by atoms with Crippen molar-refractivity contribution in [2.45, 2.75) is 18.3 Å². The SMILES string of the molecule is COc1cccc2c1nc(N)n1nc(C3CC3c3cnn(C)c3)nc21. The number of rotatable bonds is 3. The maximum atomic E-state index is 6.11. The van der Waals surface area contributed by atoms with Crippen molar-refractivity contribution < 1.29 is 4.74 Å². The van der Waals surface area contributed by atoms with Crippen LogP contribution in [0, 0.1) is 0 Å². The van der Waals surface area contributed by atoms with Gasteiger partial charge >= 0.3 is 0 Å². The number of anilines is 1. The number of nitrogen functional groups attached to an aromatic ring is 1. The van der Waals surface area contributed by atoms with Gasteiger partial charge in [0.05, 0.1) is 13.3 Å². The number of aromatic nitrogens is 6. The van der Waals surface area contributed by atoms with E-state index >= 15 is 0 Å². The average molecular weight is 335 g/mol. The van der Waals surface area contributed by atoms with Crippen molar-refractivity contribution >= 4 is 22.5 Å². The predicted molar refractivity (Wildman–Crippen MR) is 92.6 cm³/mol. The smallest absolute Gasteiger partial charge is 0.223 e. The van der Waals surface area contributed by atoms with Gasteiger partial charge in [-0.1, -0.05) is 6.07 Å². The highest BCUT2D eigenvalue weighted by Gasteiger charge is 2.43. The molecule has 3 aromatic heterocycles. The van der Waals surface area contributed by atoms with Gasteiger partial charge in [0.25, 0.3) is 0 Å².